The van der Waals surface area contributed by atoms with Crippen molar-refractivity contribution in [3.63, 3.8) is 0 Å². The molecular formula is C24H31ClN2O4. The minimum Gasteiger partial charge on any atom is -0.497 e. The molecule has 7 heteroatoms. The Bertz CT molecular complexity index is 857. The number of halogens is 1. The summed E-state index contributed by atoms with van der Waals surface area (Å²) in [5, 5.41) is 15.5. The highest BCUT2D eigenvalue weighted by Crippen LogP contribution is 2.21. The van der Waals surface area contributed by atoms with Gasteiger partial charge in [0.1, 0.15) is 11.9 Å². The maximum absolute atomic E-state index is 10.5. The molecule has 0 fully saturated rings. The maximum atomic E-state index is 10.5. The second-order valence-corrected chi connectivity index (χ2v) is 8.49. The van der Waals surface area contributed by atoms with Crippen molar-refractivity contribution in [1.82, 2.24) is 4.90 Å². The maximum Gasteiger partial charge on any atom is 0.145 e. The standard InChI is InChI=1S/C24H31ClN2O4/c1-17(2)30-16-21(28)14-27(13-18-5-4-6-22(11-18)29-3)15-23-12-24(26-31-23)19-7-9-20(25)10-8-19/h4-11,17,21,23,28H,12-16H2,1-3H3/t21-,23+/m0/s1. The van der Waals surface area contributed by atoms with E-state index in [1.165, 1.54) is 0 Å². The van der Waals surface area contributed by atoms with Crippen LogP contribution in [0.5, 0.6) is 5.75 Å². The number of ether oxygens (including phenoxy) is 2. The number of benzene rings is 2. The predicted molar refractivity (Wildman–Crippen MR) is 123 cm³/mol. The smallest absolute Gasteiger partial charge is 0.145 e. The van der Waals surface area contributed by atoms with Crippen LogP contribution in [-0.4, -0.2) is 60.8 Å². The molecule has 2 aromatic rings. The van der Waals surface area contributed by atoms with Gasteiger partial charge in [0.25, 0.3) is 0 Å². The van der Waals surface area contributed by atoms with E-state index in [2.05, 4.69) is 16.1 Å². The Balaban J connectivity index is 1.63. The Morgan fingerprint density at radius 1 is 1.23 bits per heavy atom. The monoisotopic (exact) mass is 446 g/mol. The molecule has 0 spiro atoms. The zero-order valence-electron chi connectivity index (χ0n) is 18.3. The second kappa shape index (κ2) is 11.5. The number of rotatable bonds is 11. The summed E-state index contributed by atoms with van der Waals surface area (Å²) in [6.07, 6.45) is 0.102. The lowest BCUT2D eigenvalue weighted by atomic mass is 10.0. The quantitative estimate of drug-likeness (QED) is 0.562. The van der Waals surface area contributed by atoms with Crippen LogP contribution in [0, 0.1) is 0 Å². The van der Waals surface area contributed by atoms with Crippen molar-refractivity contribution in [2.24, 2.45) is 5.16 Å². The van der Waals surface area contributed by atoms with Crippen LogP contribution in [-0.2, 0) is 16.1 Å². The SMILES string of the molecule is COc1cccc(CN(C[C@H](O)COC(C)C)C[C@H]2CC(c3ccc(Cl)cc3)=NO2)c1. The molecule has 0 saturated carbocycles. The molecule has 3 rings (SSSR count). The molecule has 0 bridgehead atoms. The first-order valence-corrected chi connectivity index (χ1v) is 10.9. The van der Waals surface area contributed by atoms with Crippen molar-refractivity contribution >= 4 is 17.3 Å². The molecule has 1 aliphatic heterocycles. The van der Waals surface area contributed by atoms with Gasteiger partial charge in [0.2, 0.25) is 0 Å². The molecule has 2 aromatic carbocycles. The Labute approximate surface area is 189 Å². The molecule has 1 aliphatic rings. The molecular weight excluding hydrogens is 416 g/mol. The molecule has 0 amide bonds. The van der Waals surface area contributed by atoms with E-state index >= 15 is 0 Å². The van der Waals surface area contributed by atoms with Crippen LogP contribution in [0.15, 0.2) is 53.7 Å². The van der Waals surface area contributed by atoms with Crippen LogP contribution in [0.25, 0.3) is 0 Å². The molecule has 0 radical (unpaired) electrons. The van der Waals surface area contributed by atoms with E-state index in [0.717, 1.165) is 22.6 Å². The van der Waals surface area contributed by atoms with E-state index in [1.54, 1.807) is 7.11 Å². The third kappa shape index (κ3) is 7.51. The molecule has 31 heavy (non-hydrogen) atoms. The summed E-state index contributed by atoms with van der Waals surface area (Å²) in [5.41, 5.74) is 3.02. The Morgan fingerprint density at radius 2 is 2.00 bits per heavy atom. The summed E-state index contributed by atoms with van der Waals surface area (Å²) in [5.74, 6) is 0.812. The molecule has 0 saturated heterocycles. The fourth-order valence-corrected chi connectivity index (χ4v) is 3.64. The third-order valence-electron chi connectivity index (χ3n) is 5.00. The van der Waals surface area contributed by atoms with Crippen LogP contribution >= 0.6 is 11.6 Å². The largest absolute Gasteiger partial charge is 0.497 e. The van der Waals surface area contributed by atoms with Gasteiger partial charge in [-0.1, -0.05) is 41.0 Å². The highest BCUT2D eigenvalue weighted by Gasteiger charge is 2.26. The van der Waals surface area contributed by atoms with E-state index in [1.807, 2.05) is 56.3 Å². The van der Waals surface area contributed by atoms with Gasteiger partial charge in [0.15, 0.2) is 0 Å². The van der Waals surface area contributed by atoms with E-state index in [9.17, 15) is 5.11 Å². The average molecular weight is 447 g/mol. The number of aliphatic hydroxyl groups is 1. The van der Waals surface area contributed by atoms with Gasteiger partial charge in [-0.3, -0.25) is 4.90 Å². The molecule has 0 aromatic heterocycles. The number of hydrogen-bond acceptors (Lipinski definition) is 6. The zero-order chi connectivity index (χ0) is 22.2. The minimum atomic E-state index is -0.592. The first-order valence-electron chi connectivity index (χ1n) is 10.6. The lowest BCUT2D eigenvalue weighted by Gasteiger charge is -2.27. The number of nitrogens with zero attached hydrogens (tertiary/aromatic N) is 2. The number of oxime groups is 1. The molecule has 6 nitrogen and oxygen atoms in total. The van der Waals surface area contributed by atoms with Gasteiger partial charge in [-0.05, 0) is 49.2 Å². The van der Waals surface area contributed by atoms with Gasteiger partial charge < -0.3 is 19.4 Å². The van der Waals surface area contributed by atoms with Crippen LogP contribution in [0.4, 0.5) is 0 Å². The van der Waals surface area contributed by atoms with E-state index in [4.69, 9.17) is 25.9 Å². The lowest BCUT2D eigenvalue weighted by molar-refractivity contribution is -0.0194. The molecule has 0 unspecified atom stereocenters. The lowest BCUT2D eigenvalue weighted by Crippen LogP contribution is -2.39. The minimum absolute atomic E-state index is 0.0787. The van der Waals surface area contributed by atoms with Crippen molar-refractivity contribution in [2.75, 3.05) is 26.8 Å². The van der Waals surface area contributed by atoms with Crippen LogP contribution in [0.2, 0.25) is 5.02 Å². The average Bonchev–Trinajstić information content (AvgIpc) is 3.21. The van der Waals surface area contributed by atoms with Crippen molar-refractivity contribution in [2.45, 2.75) is 45.1 Å². The topological polar surface area (TPSA) is 63.5 Å². The zero-order valence-corrected chi connectivity index (χ0v) is 19.1. The van der Waals surface area contributed by atoms with Crippen molar-refractivity contribution in [3.8, 4) is 5.75 Å². The number of hydrogen-bond donors (Lipinski definition) is 1. The van der Waals surface area contributed by atoms with Gasteiger partial charge >= 0.3 is 0 Å². The fraction of sp³-hybridized carbons (Fsp3) is 0.458. The summed E-state index contributed by atoms with van der Waals surface area (Å²) in [4.78, 5) is 7.89. The van der Waals surface area contributed by atoms with E-state index < -0.39 is 6.10 Å². The Hall–Kier alpha value is -2.12. The van der Waals surface area contributed by atoms with Crippen LogP contribution < -0.4 is 4.74 Å². The molecule has 168 valence electrons. The first kappa shape index (κ1) is 23.5. The Kier molecular flexibility index (Phi) is 8.72. The predicted octanol–water partition coefficient (Wildman–Crippen LogP) is 4.13. The summed E-state index contributed by atoms with van der Waals surface area (Å²) in [6, 6.07) is 15.6. The number of methoxy groups -OCH3 is 1. The van der Waals surface area contributed by atoms with Crippen LogP contribution in [0.3, 0.4) is 0 Å². The van der Waals surface area contributed by atoms with Crippen molar-refractivity contribution in [3.05, 3.63) is 64.7 Å². The van der Waals surface area contributed by atoms with Crippen LogP contribution in [0.1, 0.15) is 31.4 Å². The van der Waals surface area contributed by atoms with Gasteiger partial charge in [-0.2, -0.15) is 0 Å². The molecule has 2 atom stereocenters. The summed E-state index contributed by atoms with van der Waals surface area (Å²) in [7, 11) is 1.66. The van der Waals surface area contributed by atoms with Crippen molar-refractivity contribution in [1.29, 1.82) is 0 Å². The van der Waals surface area contributed by atoms with E-state index in [-0.39, 0.29) is 12.2 Å². The molecule has 1 N–H and O–H groups in total. The number of aliphatic hydroxyl groups excluding tert-OH is 1. The Morgan fingerprint density at radius 3 is 2.71 bits per heavy atom. The summed E-state index contributed by atoms with van der Waals surface area (Å²) in [6.45, 7) is 5.98. The second-order valence-electron chi connectivity index (χ2n) is 8.06. The third-order valence-corrected chi connectivity index (χ3v) is 5.26. The van der Waals surface area contributed by atoms with Gasteiger partial charge in [0.05, 0.1) is 31.6 Å². The van der Waals surface area contributed by atoms with Gasteiger partial charge in [0, 0.05) is 31.1 Å². The fourth-order valence-electron chi connectivity index (χ4n) is 3.51. The first-order chi connectivity index (χ1) is 14.9. The molecule has 0 aliphatic carbocycles. The van der Waals surface area contributed by atoms with Gasteiger partial charge in [-0.25, -0.2) is 0 Å². The van der Waals surface area contributed by atoms with Crippen molar-refractivity contribution < 1.29 is 19.4 Å². The summed E-state index contributed by atoms with van der Waals surface area (Å²) >= 11 is 5.99. The highest BCUT2D eigenvalue weighted by molar-refractivity contribution is 6.30. The van der Waals surface area contributed by atoms with E-state index in [0.29, 0.717) is 37.7 Å². The summed E-state index contributed by atoms with van der Waals surface area (Å²) < 4.78 is 10.9. The highest BCUT2D eigenvalue weighted by atomic mass is 35.5. The van der Waals surface area contributed by atoms with Gasteiger partial charge in [-0.15, -0.1) is 0 Å². The normalized spacial score (nSPS) is 17.0. The molecule has 1 heterocycles.